The zero-order valence-electron chi connectivity index (χ0n) is 7.57. The maximum Gasteiger partial charge on any atom is 0.0931 e. The maximum atomic E-state index is 9.64. The molecule has 0 aliphatic carbocycles. The summed E-state index contributed by atoms with van der Waals surface area (Å²) in [4.78, 5) is 7.07. The molecule has 1 aromatic heterocycles. The van der Waals surface area contributed by atoms with Crippen LogP contribution in [0, 0.1) is 12.3 Å². The van der Waals surface area contributed by atoms with Crippen molar-refractivity contribution in [3.63, 3.8) is 0 Å². The molecule has 0 saturated heterocycles. The van der Waals surface area contributed by atoms with Crippen LogP contribution in [0.3, 0.4) is 0 Å². The minimum atomic E-state index is -0.590. The predicted octanol–water partition coefficient (Wildman–Crippen LogP) is 1.62. The van der Waals surface area contributed by atoms with Crippen LogP contribution in [0.5, 0.6) is 0 Å². The number of H-pyrrole nitrogens is 1. The van der Waals surface area contributed by atoms with Crippen molar-refractivity contribution in [2.24, 2.45) is 0 Å². The number of aromatic amines is 1. The van der Waals surface area contributed by atoms with Crippen molar-refractivity contribution < 1.29 is 5.11 Å². The number of nitrogens with one attached hydrogen (secondary N) is 1. The lowest BCUT2D eigenvalue weighted by Crippen LogP contribution is -1.95. The second-order valence-electron chi connectivity index (χ2n) is 3.10. The Morgan fingerprint density at radius 2 is 2.43 bits per heavy atom. The molecule has 0 saturated carbocycles. The molecule has 70 valence electrons. The van der Waals surface area contributed by atoms with Gasteiger partial charge in [-0.05, 0) is 17.7 Å². The van der Waals surface area contributed by atoms with Gasteiger partial charge in [0.25, 0.3) is 0 Å². The van der Waals surface area contributed by atoms with Crippen molar-refractivity contribution in [2.75, 3.05) is 0 Å². The van der Waals surface area contributed by atoms with Crippen molar-refractivity contribution in [1.29, 1.82) is 0 Å². The number of aliphatic hydroxyl groups is 1. The van der Waals surface area contributed by atoms with Crippen LogP contribution in [0.1, 0.15) is 18.1 Å². The third-order valence-electron chi connectivity index (χ3n) is 2.14. The molecule has 0 radical (unpaired) electrons. The molecular formula is C11H10N2O. The highest BCUT2D eigenvalue weighted by Crippen LogP contribution is 2.19. The molecule has 3 nitrogen and oxygen atoms in total. The lowest BCUT2D eigenvalue weighted by atomic mass is 10.1. The van der Waals surface area contributed by atoms with E-state index in [2.05, 4.69) is 15.9 Å². The number of fused-ring (bicyclic) bond motifs is 1. The Balaban J connectivity index is 2.39. The smallest absolute Gasteiger partial charge is 0.0931 e. The van der Waals surface area contributed by atoms with Gasteiger partial charge in [0.15, 0.2) is 0 Å². The van der Waals surface area contributed by atoms with Crippen molar-refractivity contribution in [3.05, 3.63) is 30.1 Å². The quantitative estimate of drug-likeness (QED) is 0.700. The Morgan fingerprint density at radius 3 is 3.21 bits per heavy atom. The number of hydrogen-bond donors (Lipinski definition) is 2. The second kappa shape index (κ2) is 3.52. The normalized spacial score (nSPS) is 12.6. The van der Waals surface area contributed by atoms with E-state index in [9.17, 15) is 5.11 Å². The first-order valence-corrected chi connectivity index (χ1v) is 4.36. The van der Waals surface area contributed by atoms with E-state index in [1.165, 1.54) is 0 Å². The van der Waals surface area contributed by atoms with Gasteiger partial charge in [-0.2, -0.15) is 0 Å². The first-order valence-electron chi connectivity index (χ1n) is 4.36. The van der Waals surface area contributed by atoms with Crippen LogP contribution in [-0.4, -0.2) is 15.1 Å². The van der Waals surface area contributed by atoms with Gasteiger partial charge in [-0.3, -0.25) is 0 Å². The zero-order valence-corrected chi connectivity index (χ0v) is 7.57. The highest BCUT2D eigenvalue weighted by Gasteiger charge is 2.06. The Kier molecular flexibility index (Phi) is 2.21. The number of aliphatic hydroxyl groups excluding tert-OH is 1. The number of benzene rings is 1. The predicted molar refractivity (Wildman–Crippen MR) is 54.5 cm³/mol. The lowest BCUT2D eigenvalue weighted by Gasteiger charge is -2.06. The standard InChI is InChI=1S/C11H10N2O/c1-2-3-11(14)8-4-5-9-10(6-8)13-7-12-9/h1,4-7,11,14H,3H2,(H,12,13). The molecule has 2 aromatic rings. The average Bonchev–Trinajstić information content (AvgIpc) is 2.64. The monoisotopic (exact) mass is 186 g/mol. The summed E-state index contributed by atoms with van der Waals surface area (Å²) in [5, 5.41) is 9.64. The van der Waals surface area contributed by atoms with E-state index in [1.807, 2.05) is 18.2 Å². The molecule has 1 atom stereocenters. The number of imidazole rings is 1. The Labute approximate surface area is 81.8 Å². The van der Waals surface area contributed by atoms with E-state index in [0.717, 1.165) is 16.6 Å². The molecule has 3 heteroatoms. The van der Waals surface area contributed by atoms with Gasteiger partial charge in [-0.15, -0.1) is 12.3 Å². The van der Waals surface area contributed by atoms with Gasteiger partial charge in [0.05, 0.1) is 23.5 Å². The number of nitrogens with zero attached hydrogens (tertiary/aromatic N) is 1. The van der Waals surface area contributed by atoms with Gasteiger partial charge in [-0.1, -0.05) is 6.07 Å². The molecule has 0 fully saturated rings. The van der Waals surface area contributed by atoms with Gasteiger partial charge in [0.1, 0.15) is 0 Å². The Bertz CT molecular complexity index is 481. The van der Waals surface area contributed by atoms with Crippen LogP contribution < -0.4 is 0 Å². The van der Waals surface area contributed by atoms with Crippen LogP contribution in [-0.2, 0) is 0 Å². The van der Waals surface area contributed by atoms with Crippen molar-refractivity contribution in [1.82, 2.24) is 9.97 Å². The first kappa shape index (κ1) is 8.79. The first-order chi connectivity index (χ1) is 6.81. The summed E-state index contributed by atoms with van der Waals surface area (Å²) < 4.78 is 0. The number of aromatic nitrogens is 2. The molecule has 1 aromatic carbocycles. The summed E-state index contributed by atoms with van der Waals surface area (Å²) in [6, 6.07) is 5.57. The molecule has 2 N–H and O–H groups in total. The van der Waals surface area contributed by atoms with E-state index in [4.69, 9.17) is 6.42 Å². The van der Waals surface area contributed by atoms with Crippen molar-refractivity contribution in [2.45, 2.75) is 12.5 Å². The lowest BCUT2D eigenvalue weighted by molar-refractivity contribution is 0.184. The molecule has 1 unspecified atom stereocenters. The van der Waals surface area contributed by atoms with Gasteiger partial charge in [0.2, 0.25) is 0 Å². The van der Waals surface area contributed by atoms with Crippen LogP contribution >= 0.6 is 0 Å². The SMILES string of the molecule is C#CCC(O)c1ccc2nc[nH]c2c1. The summed E-state index contributed by atoms with van der Waals surface area (Å²) in [6.07, 6.45) is 6.50. The van der Waals surface area contributed by atoms with Crippen molar-refractivity contribution >= 4 is 11.0 Å². The summed E-state index contributed by atoms with van der Waals surface area (Å²) >= 11 is 0. The Hall–Kier alpha value is -1.79. The van der Waals surface area contributed by atoms with Gasteiger partial charge in [-0.25, -0.2) is 4.98 Å². The summed E-state index contributed by atoms with van der Waals surface area (Å²) in [5.74, 6) is 2.43. The van der Waals surface area contributed by atoms with Crippen molar-refractivity contribution in [3.8, 4) is 12.3 Å². The molecular weight excluding hydrogens is 176 g/mol. The fourth-order valence-corrected chi connectivity index (χ4v) is 1.39. The van der Waals surface area contributed by atoms with Crippen LogP contribution in [0.2, 0.25) is 0 Å². The molecule has 2 rings (SSSR count). The molecule has 0 amide bonds. The summed E-state index contributed by atoms with van der Waals surface area (Å²) in [5.41, 5.74) is 2.62. The van der Waals surface area contributed by atoms with Crippen LogP contribution in [0.25, 0.3) is 11.0 Å². The van der Waals surface area contributed by atoms with E-state index < -0.39 is 6.10 Å². The van der Waals surface area contributed by atoms with E-state index in [0.29, 0.717) is 6.42 Å². The summed E-state index contributed by atoms with van der Waals surface area (Å²) in [7, 11) is 0. The van der Waals surface area contributed by atoms with Gasteiger partial charge in [0, 0.05) is 6.42 Å². The zero-order chi connectivity index (χ0) is 9.97. The highest BCUT2D eigenvalue weighted by atomic mass is 16.3. The molecule has 0 spiro atoms. The van der Waals surface area contributed by atoms with Crippen LogP contribution in [0.15, 0.2) is 24.5 Å². The Morgan fingerprint density at radius 1 is 1.57 bits per heavy atom. The van der Waals surface area contributed by atoms with Gasteiger partial charge < -0.3 is 10.1 Å². The second-order valence-corrected chi connectivity index (χ2v) is 3.10. The molecule has 1 heterocycles. The minimum absolute atomic E-state index is 0.333. The topological polar surface area (TPSA) is 48.9 Å². The summed E-state index contributed by atoms with van der Waals surface area (Å²) in [6.45, 7) is 0. The largest absolute Gasteiger partial charge is 0.387 e. The third kappa shape index (κ3) is 1.48. The number of terminal acetylenes is 1. The van der Waals surface area contributed by atoms with E-state index >= 15 is 0 Å². The highest BCUT2D eigenvalue weighted by molar-refractivity contribution is 5.75. The van der Waals surface area contributed by atoms with Crippen LogP contribution in [0.4, 0.5) is 0 Å². The molecule has 0 aliphatic rings. The third-order valence-corrected chi connectivity index (χ3v) is 2.14. The molecule has 0 aliphatic heterocycles. The number of hydrogen-bond acceptors (Lipinski definition) is 2. The molecule has 0 bridgehead atoms. The number of rotatable bonds is 2. The van der Waals surface area contributed by atoms with Gasteiger partial charge >= 0.3 is 0 Å². The fourth-order valence-electron chi connectivity index (χ4n) is 1.39. The van der Waals surface area contributed by atoms with E-state index in [-0.39, 0.29) is 0 Å². The fraction of sp³-hybridized carbons (Fsp3) is 0.182. The average molecular weight is 186 g/mol. The maximum absolute atomic E-state index is 9.64. The minimum Gasteiger partial charge on any atom is -0.387 e. The molecule has 14 heavy (non-hydrogen) atoms. The van der Waals surface area contributed by atoms with E-state index in [1.54, 1.807) is 6.33 Å².